The highest BCUT2D eigenvalue weighted by atomic mass is 32.1. The number of aromatic nitrogens is 1. The van der Waals surface area contributed by atoms with Crippen LogP contribution in [0.25, 0.3) is 17.3 Å². The quantitative estimate of drug-likeness (QED) is 0.518. The number of ether oxygens (including phenoxy) is 2. The zero-order valence-electron chi connectivity index (χ0n) is 15.5. The number of nitrogens with one attached hydrogen (secondary N) is 1. The normalized spacial score (nSPS) is 11.0. The third-order valence-electron chi connectivity index (χ3n) is 3.82. The van der Waals surface area contributed by atoms with E-state index in [1.54, 1.807) is 31.4 Å². The Hall–Kier alpha value is -3.26. The van der Waals surface area contributed by atoms with E-state index in [1.165, 1.54) is 23.5 Å². The maximum atomic E-state index is 12.4. The number of hydrogen-bond acceptors (Lipinski definition) is 5. The molecule has 0 aliphatic rings. The van der Waals surface area contributed by atoms with Gasteiger partial charge in [-0.25, -0.2) is 13.8 Å². The molecule has 0 radical (unpaired) electrons. The number of alkyl halides is 2. The Balaban J connectivity index is 1.63. The van der Waals surface area contributed by atoms with Crippen LogP contribution in [0.15, 0.2) is 60.0 Å². The number of thiazole rings is 1. The Bertz CT molecular complexity index is 988. The van der Waals surface area contributed by atoms with Crippen LogP contribution >= 0.6 is 11.3 Å². The van der Waals surface area contributed by atoms with Crippen molar-refractivity contribution in [2.75, 3.05) is 19.0 Å². The Morgan fingerprint density at radius 1 is 1.21 bits per heavy atom. The van der Waals surface area contributed by atoms with Gasteiger partial charge in [0.1, 0.15) is 18.1 Å². The topological polar surface area (TPSA) is 60.5 Å². The van der Waals surface area contributed by atoms with Crippen LogP contribution in [0.1, 0.15) is 5.56 Å². The van der Waals surface area contributed by atoms with Gasteiger partial charge in [0.2, 0.25) is 5.91 Å². The van der Waals surface area contributed by atoms with Crippen LogP contribution in [-0.4, -0.2) is 31.0 Å². The molecule has 0 spiro atoms. The minimum Gasteiger partial charge on any atom is -0.497 e. The number of amides is 1. The maximum Gasteiger partial charge on any atom is 0.272 e. The standard InChI is InChI=1S/C21H18F2N2O3S/c1-27-16-9-6-14(7-10-16)17-13-29-21(24-17)25-20(26)11-8-15-4-2-3-5-18(15)28-12-19(22)23/h2-11,13,19H,12H2,1H3,(H,24,25,26). The van der Waals surface area contributed by atoms with Crippen molar-refractivity contribution < 1.29 is 23.0 Å². The van der Waals surface area contributed by atoms with Crippen LogP contribution in [0.4, 0.5) is 13.9 Å². The highest BCUT2D eigenvalue weighted by Gasteiger charge is 2.08. The summed E-state index contributed by atoms with van der Waals surface area (Å²) < 4.78 is 34.9. The highest BCUT2D eigenvalue weighted by Crippen LogP contribution is 2.26. The summed E-state index contributed by atoms with van der Waals surface area (Å²) in [7, 11) is 1.60. The minimum atomic E-state index is -2.57. The van der Waals surface area contributed by atoms with E-state index >= 15 is 0 Å². The summed E-state index contributed by atoms with van der Waals surface area (Å²) >= 11 is 1.30. The molecule has 3 rings (SSSR count). The van der Waals surface area contributed by atoms with Gasteiger partial charge in [-0.2, -0.15) is 0 Å². The van der Waals surface area contributed by atoms with Crippen LogP contribution in [0, 0.1) is 0 Å². The summed E-state index contributed by atoms with van der Waals surface area (Å²) in [5.74, 6) is 0.651. The van der Waals surface area contributed by atoms with Gasteiger partial charge >= 0.3 is 0 Å². The van der Waals surface area contributed by atoms with Crippen molar-refractivity contribution in [1.82, 2.24) is 4.98 Å². The molecular formula is C21H18F2N2O3S. The SMILES string of the molecule is COc1ccc(-c2csc(NC(=O)C=Cc3ccccc3OCC(F)F)n2)cc1. The van der Waals surface area contributed by atoms with E-state index < -0.39 is 13.0 Å². The highest BCUT2D eigenvalue weighted by molar-refractivity contribution is 7.14. The molecule has 3 aromatic rings. The molecule has 0 atom stereocenters. The van der Waals surface area contributed by atoms with E-state index in [9.17, 15) is 13.6 Å². The third-order valence-corrected chi connectivity index (χ3v) is 4.58. The van der Waals surface area contributed by atoms with Crippen molar-refractivity contribution in [3.8, 4) is 22.8 Å². The molecule has 1 heterocycles. The molecule has 2 aromatic carbocycles. The number of hydrogen-bond donors (Lipinski definition) is 1. The molecule has 1 amide bonds. The lowest BCUT2D eigenvalue weighted by Gasteiger charge is -2.08. The summed E-state index contributed by atoms with van der Waals surface area (Å²) in [4.78, 5) is 16.6. The molecule has 0 fully saturated rings. The molecule has 8 heteroatoms. The van der Waals surface area contributed by atoms with E-state index in [4.69, 9.17) is 9.47 Å². The number of carbonyl (C=O) groups excluding carboxylic acids is 1. The molecule has 1 N–H and O–H groups in total. The van der Waals surface area contributed by atoms with E-state index in [2.05, 4.69) is 10.3 Å². The lowest BCUT2D eigenvalue weighted by molar-refractivity contribution is -0.111. The summed E-state index contributed by atoms with van der Waals surface area (Å²) in [6, 6.07) is 14.1. The maximum absolute atomic E-state index is 12.4. The summed E-state index contributed by atoms with van der Waals surface area (Å²) in [5.41, 5.74) is 2.17. The molecular weight excluding hydrogens is 398 g/mol. The molecule has 5 nitrogen and oxygen atoms in total. The molecule has 0 aliphatic heterocycles. The third kappa shape index (κ3) is 5.86. The van der Waals surface area contributed by atoms with Gasteiger partial charge in [-0.3, -0.25) is 10.1 Å². The smallest absolute Gasteiger partial charge is 0.272 e. The Kier molecular flexibility index (Phi) is 6.91. The molecule has 0 bridgehead atoms. The average molecular weight is 416 g/mol. The number of para-hydroxylation sites is 1. The van der Waals surface area contributed by atoms with Gasteiger partial charge in [0.15, 0.2) is 5.13 Å². The Labute approximate surface area is 170 Å². The summed E-state index contributed by atoms with van der Waals surface area (Å²) in [6.07, 6.45) is 0.243. The number of rotatable bonds is 8. The van der Waals surface area contributed by atoms with Crippen molar-refractivity contribution in [2.45, 2.75) is 6.43 Å². The fraction of sp³-hybridized carbons (Fsp3) is 0.143. The van der Waals surface area contributed by atoms with Crippen molar-refractivity contribution in [2.24, 2.45) is 0 Å². The zero-order valence-corrected chi connectivity index (χ0v) is 16.3. The predicted molar refractivity (Wildman–Crippen MR) is 110 cm³/mol. The van der Waals surface area contributed by atoms with E-state index in [0.717, 1.165) is 17.0 Å². The number of anilines is 1. The first-order chi connectivity index (χ1) is 14.0. The monoisotopic (exact) mass is 416 g/mol. The first kappa shape index (κ1) is 20.5. The van der Waals surface area contributed by atoms with Crippen molar-refractivity contribution >= 4 is 28.5 Å². The zero-order chi connectivity index (χ0) is 20.6. The summed E-state index contributed by atoms with van der Waals surface area (Å²) in [5, 5.41) is 4.98. The van der Waals surface area contributed by atoms with E-state index in [0.29, 0.717) is 10.7 Å². The number of carbonyl (C=O) groups is 1. The molecule has 0 aliphatic carbocycles. The van der Waals surface area contributed by atoms with Crippen LogP contribution < -0.4 is 14.8 Å². The van der Waals surface area contributed by atoms with Gasteiger partial charge in [-0.1, -0.05) is 18.2 Å². The van der Waals surface area contributed by atoms with Crippen LogP contribution in [-0.2, 0) is 4.79 Å². The molecule has 0 unspecified atom stereocenters. The molecule has 0 saturated carbocycles. The van der Waals surface area contributed by atoms with Crippen molar-refractivity contribution in [3.63, 3.8) is 0 Å². The lowest BCUT2D eigenvalue weighted by atomic mass is 10.2. The average Bonchev–Trinajstić information content (AvgIpc) is 3.19. The second-order valence-corrected chi connectivity index (χ2v) is 6.69. The molecule has 150 valence electrons. The fourth-order valence-electron chi connectivity index (χ4n) is 2.44. The summed E-state index contributed by atoms with van der Waals surface area (Å²) in [6.45, 7) is -0.704. The van der Waals surface area contributed by atoms with Crippen LogP contribution in [0.3, 0.4) is 0 Å². The Morgan fingerprint density at radius 2 is 1.97 bits per heavy atom. The van der Waals surface area contributed by atoms with E-state index in [-0.39, 0.29) is 11.7 Å². The van der Waals surface area contributed by atoms with Crippen molar-refractivity contribution in [1.29, 1.82) is 0 Å². The second kappa shape index (κ2) is 9.79. The Morgan fingerprint density at radius 3 is 2.69 bits per heavy atom. The molecule has 0 saturated heterocycles. The van der Waals surface area contributed by atoms with Gasteiger partial charge in [0, 0.05) is 22.6 Å². The first-order valence-electron chi connectivity index (χ1n) is 8.64. The molecule has 29 heavy (non-hydrogen) atoms. The van der Waals surface area contributed by atoms with Gasteiger partial charge in [-0.05, 0) is 36.4 Å². The van der Waals surface area contributed by atoms with Crippen LogP contribution in [0.2, 0.25) is 0 Å². The van der Waals surface area contributed by atoms with Gasteiger partial charge < -0.3 is 9.47 Å². The van der Waals surface area contributed by atoms with Gasteiger partial charge in [0.05, 0.1) is 12.8 Å². The lowest BCUT2D eigenvalue weighted by Crippen LogP contribution is -2.08. The van der Waals surface area contributed by atoms with Crippen molar-refractivity contribution in [3.05, 3.63) is 65.6 Å². The first-order valence-corrected chi connectivity index (χ1v) is 9.52. The van der Waals surface area contributed by atoms with Crippen LogP contribution in [0.5, 0.6) is 11.5 Å². The number of halogens is 2. The van der Waals surface area contributed by atoms with Gasteiger partial charge in [0.25, 0.3) is 6.43 Å². The number of methoxy groups -OCH3 is 1. The second-order valence-electron chi connectivity index (χ2n) is 5.83. The predicted octanol–water partition coefficient (Wildman–Crippen LogP) is 5.11. The van der Waals surface area contributed by atoms with E-state index in [1.807, 2.05) is 29.6 Å². The van der Waals surface area contributed by atoms with Gasteiger partial charge in [-0.15, -0.1) is 11.3 Å². The largest absolute Gasteiger partial charge is 0.497 e. The molecule has 1 aromatic heterocycles. The number of benzene rings is 2. The fourth-order valence-corrected chi connectivity index (χ4v) is 3.16. The number of nitrogens with zero attached hydrogens (tertiary/aromatic N) is 1. The minimum absolute atomic E-state index is 0.285.